The fourth-order valence-corrected chi connectivity index (χ4v) is 2.17. The van der Waals surface area contributed by atoms with E-state index in [-0.39, 0.29) is 5.69 Å². The molecular formula is C14H8ClN3O2. The highest BCUT2D eigenvalue weighted by Gasteiger charge is 2.11. The first-order valence-electron chi connectivity index (χ1n) is 5.82. The Labute approximate surface area is 119 Å². The Bertz CT molecular complexity index is 820. The summed E-state index contributed by atoms with van der Waals surface area (Å²) in [5, 5.41) is 11.9. The van der Waals surface area contributed by atoms with Crippen molar-refractivity contribution in [1.29, 1.82) is 0 Å². The van der Waals surface area contributed by atoms with E-state index in [1.165, 1.54) is 12.1 Å². The molecule has 0 radical (unpaired) electrons. The van der Waals surface area contributed by atoms with Gasteiger partial charge in [-0.05, 0) is 12.1 Å². The minimum absolute atomic E-state index is 0.00428. The molecule has 20 heavy (non-hydrogen) atoms. The van der Waals surface area contributed by atoms with Gasteiger partial charge in [0, 0.05) is 23.1 Å². The third kappa shape index (κ3) is 2.19. The summed E-state index contributed by atoms with van der Waals surface area (Å²) in [5.41, 5.74) is 1.26. The molecule has 0 fully saturated rings. The van der Waals surface area contributed by atoms with Crippen molar-refractivity contribution < 1.29 is 4.92 Å². The maximum Gasteiger partial charge on any atom is 0.270 e. The van der Waals surface area contributed by atoms with Gasteiger partial charge in [-0.3, -0.25) is 10.1 Å². The third-order valence-corrected chi connectivity index (χ3v) is 3.16. The fraction of sp³-hybridized carbons (Fsp3) is 0. The molecule has 1 heterocycles. The number of nitro groups is 1. The third-order valence-electron chi connectivity index (χ3n) is 2.87. The molecule has 3 rings (SSSR count). The molecule has 1 aromatic heterocycles. The lowest BCUT2D eigenvalue weighted by atomic mass is 10.1. The monoisotopic (exact) mass is 285 g/mol. The summed E-state index contributed by atoms with van der Waals surface area (Å²) in [7, 11) is 0. The summed E-state index contributed by atoms with van der Waals surface area (Å²) in [6.07, 6.45) is 0. The van der Waals surface area contributed by atoms with Crippen molar-refractivity contribution in [2.45, 2.75) is 0 Å². The second-order valence-electron chi connectivity index (χ2n) is 4.16. The molecule has 0 N–H and O–H groups in total. The highest BCUT2D eigenvalue weighted by Crippen LogP contribution is 2.26. The van der Waals surface area contributed by atoms with Gasteiger partial charge in [-0.15, -0.1) is 0 Å². The Hall–Kier alpha value is -2.53. The van der Waals surface area contributed by atoms with Crippen molar-refractivity contribution >= 4 is 28.2 Å². The lowest BCUT2D eigenvalue weighted by molar-refractivity contribution is -0.384. The number of nitro benzene ring substituents is 1. The highest BCUT2D eigenvalue weighted by atomic mass is 35.5. The minimum Gasteiger partial charge on any atom is -0.258 e. The number of para-hydroxylation sites is 1. The smallest absolute Gasteiger partial charge is 0.258 e. The molecule has 6 heteroatoms. The van der Waals surface area contributed by atoms with Crippen LogP contribution in [0.15, 0.2) is 48.5 Å². The maximum atomic E-state index is 10.8. The molecule has 0 bridgehead atoms. The van der Waals surface area contributed by atoms with Gasteiger partial charge in [-0.2, -0.15) is 0 Å². The molecule has 5 nitrogen and oxygen atoms in total. The van der Waals surface area contributed by atoms with Gasteiger partial charge < -0.3 is 0 Å². The molecule has 3 aromatic rings. The van der Waals surface area contributed by atoms with Crippen molar-refractivity contribution in [2.75, 3.05) is 0 Å². The van der Waals surface area contributed by atoms with E-state index in [1.807, 2.05) is 24.3 Å². The van der Waals surface area contributed by atoms with E-state index in [9.17, 15) is 10.1 Å². The number of halogens is 1. The van der Waals surface area contributed by atoms with Crippen LogP contribution in [0.4, 0.5) is 5.69 Å². The van der Waals surface area contributed by atoms with Crippen LogP contribution in [0.25, 0.3) is 22.3 Å². The van der Waals surface area contributed by atoms with Crippen LogP contribution >= 0.6 is 11.6 Å². The number of hydrogen-bond donors (Lipinski definition) is 0. The fourth-order valence-electron chi connectivity index (χ4n) is 1.93. The van der Waals surface area contributed by atoms with E-state index in [2.05, 4.69) is 9.97 Å². The number of hydrogen-bond acceptors (Lipinski definition) is 4. The maximum absolute atomic E-state index is 10.8. The van der Waals surface area contributed by atoms with E-state index in [0.29, 0.717) is 22.1 Å². The van der Waals surface area contributed by atoms with E-state index in [4.69, 9.17) is 11.6 Å². The predicted octanol–water partition coefficient (Wildman–Crippen LogP) is 3.86. The van der Waals surface area contributed by atoms with Crippen LogP contribution in [0.1, 0.15) is 0 Å². The van der Waals surface area contributed by atoms with E-state index < -0.39 is 4.92 Å². The Morgan fingerprint density at radius 3 is 2.65 bits per heavy atom. The van der Waals surface area contributed by atoms with Crippen LogP contribution in [0, 0.1) is 10.1 Å². The number of nitrogens with zero attached hydrogens (tertiary/aromatic N) is 3. The number of non-ortho nitro benzene ring substituents is 1. The van der Waals surface area contributed by atoms with E-state index in [0.717, 1.165) is 5.39 Å². The molecule has 2 aromatic carbocycles. The first-order chi connectivity index (χ1) is 9.65. The molecule has 0 unspecified atom stereocenters. The summed E-state index contributed by atoms with van der Waals surface area (Å²) in [5.74, 6) is 0.373. The lowest BCUT2D eigenvalue weighted by Crippen LogP contribution is -1.93. The minimum atomic E-state index is -0.452. The summed E-state index contributed by atoms with van der Waals surface area (Å²) in [4.78, 5) is 18.9. The van der Waals surface area contributed by atoms with Crippen LogP contribution in [0.2, 0.25) is 5.15 Å². The molecule has 0 aliphatic carbocycles. The molecule has 0 saturated carbocycles. The van der Waals surface area contributed by atoms with Crippen molar-refractivity contribution in [3.8, 4) is 11.4 Å². The largest absolute Gasteiger partial charge is 0.270 e. The van der Waals surface area contributed by atoms with Crippen molar-refractivity contribution in [3.63, 3.8) is 0 Å². The zero-order valence-electron chi connectivity index (χ0n) is 10.2. The molecular weight excluding hydrogens is 278 g/mol. The van der Waals surface area contributed by atoms with Crippen LogP contribution < -0.4 is 0 Å². The van der Waals surface area contributed by atoms with Crippen molar-refractivity contribution in [3.05, 3.63) is 63.8 Å². The van der Waals surface area contributed by atoms with Gasteiger partial charge in [-0.25, -0.2) is 9.97 Å². The quantitative estimate of drug-likeness (QED) is 0.407. The van der Waals surface area contributed by atoms with Crippen LogP contribution in [-0.4, -0.2) is 14.9 Å². The normalized spacial score (nSPS) is 10.7. The number of fused-ring (bicyclic) bond motifs is 1. The standard InChI is InChI=1S/C14H8ClN3O2/c15-13-11-6-1-2-7-12(11)16-14(17-13)9-4-3-5-10(8-9)18(19)20/h1-8H. The lowest BCUT2D eigenvalue weighted by Gasteiger charge is -2.04. The molecule has 0 saturated heterocycles. The van der Waals surface area contributed by atoms with Gasteiger partial charge in [0.2, 0.25) is 0 Å². The van der Waals surface area contributed by atoms with Gasteiger partial charge in [0.15, 0.2) is 5.82 Å². The number of rotatable bonds is 2. The average molecular weight is 286 g/mol. The first kappa shape index (κ1) is 12.5. The van der Waals surface area contributed by atoms with Crippen molar-refractivity contribution in [1.82, 2.24) is 9.97 Å². The predicted molar refractivity (Wildman–Crippen MR) is 76.6 cm³/mol. The van der Waals surface area contributed by atoms with Gasteiger partial charge in [0.05, 0.1) is 10.4 Å². The molecule has 0 spiro atoms. The zero-order valence-corrected chi connectivity index (χ0v) is 10.9. The molecule has 0 aliphatic rings. The average Bonchev–Trinajstić information content (AvgIpc) is 2.47. The SMILES string of the molecule is O=[N+]([O-])c1cccc(-c2nc(Cl)c3ccccc3n2)c1. The first-order valence-corrected chi connectivity index (χ1v) is 6.20. The second-order valence-corrected chi connectivity index (χ2v) is 4.52. The second kappa shape index (κ2) is 4.86. The van der Waals surface area contributed by atoms with Gasteiger partial charge in [0.25, 0.3) is 5.69 Å². The summed E-state index contributed by atoms with van der Waals surface area (Å²) in [6, 6.07) is 13.5. The molecule has 0 aliphatic heterocycles. The highest BCUT2D eigenvalue weighted by molar-refractivity contribution is 6.34. The number of aromatic nitrogens is 2. The topological polar surface area (TPSA) is 68.9 Å². The van der Waals surface area contributed by atoms with Gasteiger partial charge in [-0.1, -0.05) is 35.9 Å². The summed E-state index contributed by atoms with van der Waals surface area (Å²) < 4.78 is 0. The van der Waals surface area contributed by atoms with Crippen LogP contribution in [0.5, 0.6) is 0 Å². The van der Waals surface area contributed by atoms with E-state index >= 15 is 0 Å². The Kier molecular flexibility index (Phi) is 3.04. The number of benzene rings is 2. The van der Waals surface area contributed by atoms with Gasteiger partial charge in [0.1, 0.15) is 5.15 Å². The van der Waals surface area contributed by atoms with Crippen LogP contribution in [-0.2, 0) is 0 Å². The summed E-state index contributed by atoms with van der Waals surface area (Å²) in [6.45, 7) is 0. The molecule has 0 amide bonds. The zero-order chi connectivity index (χ0) is 14.1. The van der Waals surface area contributed by atoms with Crippen LogP contribution in [0.3, 0.4) is 0 Å². The summed E-state index contributed by atoms with van der Waals surface area (Å²) >= 11 is 6.13. The molecule has 0 atom stereocenters. The molecule has 98 valence electrons. The van der Waals surface area contributed by atoms with Gasteiger partial charge >= 0.3 is 0 Å². The Balaban J connectivity index is 2.19. The van der Waals surface area contributed by atoms with Crippen molar-refractivity contribution in [2.24, 2.45) is 0 Å². The Morgan fingerprint density at radius 2 is 1.85 bits per heavy atom. The van der Waals surface area contributed by atoms with E-state index in [1.54, 1.807) is 12.1 Å². The Morgan fingerprint density at radius 1 is 1.05 bits per heavy atom.